The zero-order valence-electron chi connectivity index (χ0n) is 20.4. The van der Waals surface area contributed by atoms with E-state index in [0.717, 1.165) is 52.5 Å². The number of likely N-dealkylation sites (N-methyl/N-ethyl adjacent to an activating group) is 1. The van der Waals surface area contributed by atoms with E-state index in [-0.39, 0.29) is 18.0 Å². The molecule has 0 saturated carbocycles. The maximum atomic E-state index is 14.2. The molecule has 3 aromatic heterocycles. The van der Waals surface area contributed by atoms with Crippen LogP contribution in [0.5, 0.6) is 0 Å². The van der Waals surface area contributed by atoms with Crippen LogP contribution in [0.25, 0.3) is 22.3 Å². The Morgan fingerprint density at radius 2 is 1.88 bits per heavy atom. The maximum Gasteiger partial charge on any atom is 0.255 e. The summed E-state index contributed by atoms with van der Waals surface area (Å²) in [6.07, 6.45) is 1.78. The van der Waals surface area contributed by atoms with Crippen LogP contribution in [-0.4, -0.2) is 57.2 Å². The van der Waals surface area contributed by atoms with Gasteiger partial charge < -0.3 is 14.2 Å². The highest BCUT2D eigenvalue weighted by Crippen LogP contribution is 2.33. The number of amides is 1. The number of benzene rings is 1. The summed E-state index contributed by atoms with van der Waals surface area (Å²) < 4.78 is 7.67. The van der Waals surface area contributed by atoms with Crippen molar-refractivity contribution in [2.75, 3.05) is 26.7 Å². The number of pyridine rings is 1. The average molecular weight is 458 g/mol. The number of fused-ring (bicyclic) bond motifs is 1. The van der Waals surface area contributed by atoms with E-state index in [1.807, 2.05) is 53.8 Å². The Morgan fingerprint density at radius 3 is 2.56 bits per heavy atom. The number of piperazine rings is 1. The number of nitrogens with zero attached hydrogens (tertiary/aromatic N) is 5. The number of aryl methyl sites for hydroxylation is 2. The van der Waals surface area contributed by atoms with Crippen molar-refractivity contribution in [3.05, 3.63) is 71.3 Å². The molecule has 0 aliphatic carbocycles. The smallest absolute Gasteiger partial charge is 0.255 e. The van der Waals surface area contributed by atoms with Crippen molar-refractivity contribution in [1.82, 2.24) is 24.6 Å². The van der Waals surface area contributed by atoms with Crippen molar-refractivity contribution in [2.45, 2.75) is 39.8 Å². The van der Waals surface area contributed by atoms with Crippen molar-refractivity contribution < 1.29 is 9.21 Å². The monoisotopic (exact) mass is 457 g/mol. The summed E-state index contributed by atoms with van der Waals surface area (Å²) in [5, 5.41) is 5.37. The van der Waals surface area contributed by atoms with Gasteiger partial charge in [0.15, 0.2) is 5.65 Å². The molecule has 7 heteroatoms. The lowest BCUT2D eigenvalue weighted by Gasteiger charge is -2.40. The highest BCUT2D eigenvalue weighted by Gasteiger charge is 2.32. The van der Waals surface area contributed by atoms with Gasteiger partial charge in [0, 0.05) is 31.2 Å². The van der Waals surface area contributed by atoms with Gasteiger partial charge in [-0.3, -0.25) is 4.79 Å². The van der Waals surface area contributed by atoms with Crippen molar-refractivity contribution >= 4 is 16.9 Å². The van der Waals surface area contributed by atoms with Crippen LogP contribution in [0.4, 0.5) is 0 Å². The Kier molecular flexibility index (Phi) is 5.73. The molecule has 7 nitrogen and oxygen atoms in total. The van der Waals surface area contributed by atoms with E-state index in [4.69, 9.17) is 9.40 Å². The third-order valence-electron chi connectivity index (χ3n) is 6.63. The first kappa shape index (κ1) is 22.3. The van der Waals surface area contributed by atoms with Crippen molar-refractivity contribution in [2.24, 2.45) is 0 Å². The number of carbonyl (C=O) groups is 1. The van der Waals surface area contributed by atoms with Gasteiger partial charge in [-0.2, -0.15) is 5.10 Å². The normalized spacial score (nSPS) is 17.1. The molecule has 1 unspecified atom stereocenters. The van der Waals surface area contributed by atoms with Gasteiger partial charge in [0.2, 0.25) is 0 Å². The molecule has 1 aromatic carbocycles. The predicted molar refractivity (Wildman–Crippen MR) is 133 cm³/mol. The van der Waals surface area contributed by atoms with E-state index in [2.05, 4.69) is 43.0 Å². The fraction of sp³-hybridized carbons (Fsp3) is 0.370. The average Bonchev–Trinajstić information content (AvgIpc) is 3.41. The van der Waals surface area contributed by atoms with Gasteiger partial charge in [0.05, 0.1) is 28.9 Å². The Labute approximate surface area is 200 Å². The molecule has 1 aliphatic heterocycles. The van der Waals surface area contributed by atoms with E-state index < -0.39 is 0 Å². The van der Waals surface area contributed by atoms with Crippen molar-refractivity contribution in [3.63, 3.8) is 0 Å². The summed E-state index contributed by atoms with van der Waals surface area (Å²) >= 11 is 0. The van der Waals surface area contributed by atoms with Crippen LogP contribution in [0.3, 0.4) is 0 Å². The minimum absolute atomic E-state index is 0.0109. The Hall–Kier alpha value is -3.45. The third-order valence-corrected chi connectivity index (χ3v) is 6.63. The third kappa shape index (κ3) is 3.90. The number of aromatic nitrogens is 3. The predicted octanol–water partition coefficient (Wildman–Crippen LogP) is 5.02. The SMILES string of the molecule is Cc1cc(-c2cc(C(=O)N3CCN(C)CC3c3ccccc3)c3cnn(C(C)C)c3n2)c(C)o1. The van der Waals surface area contributed by atoms with Crippen LogP contribution in [-0.2, 0) is 0 Å². The Bertz CT molecular complexity index is 1340. The fourth-order valence-corrected chi connectivity index (χ4v) is 4.87. The van der Waals surface area contributed by atoms with Crippen molar-refractivity contribution in [3.8, 4) is 11.3 Å². The number of hydrogen-bond donors (Lipinski definition) is 0. The molecule has 1 aliphatic rings. The lowest BCUT2D eigenvalue weighted by atomic mass is 10.00. The zero-order chi connectivity index (χ0) is 24.0. The summed E-state index contributed by atoms with van der Waals surface area (Å²) in [5.41, 5.74) is 4.14. The molecule has 4 aromatic rings. The summed E-state index contributed by atoms with van der Waals surface area (Å²) in [6.45, 7) is 10.3. The largest absolute Gasteiger partial charge is 0.466 e. The number of carbonyl (C=O) groups excluding carboxylic acids is 1. The fourth-order valence-electron chi connectivity index (χ4n) is 4.87. The molecule has 34 heavy (non-hydrogen) atoms. The topological polar surface area (TPSA) is 67.4 Å². The van der Waals surface area contributed by atoms with E-state index >= 15 is 0 Å². The molecule has 0 spiro atoms. The van der Waals surface area contributed by atoms with Gasteiger partial charge in [-0.15, -0.1) is 0 Å². The first-order valence-electron chi connectivity index (χ1n) is 11.8. The van der Waals surface area contributed by atoms with Crippen LogP contribution in [0.2, 0.25) is 0 Å². The summed E-state index contributed by atoms with van der Waals surface area (Å²) in [4.78, 5) is 23.4. The molecule has 0 radical (unpaired) electrons. The highest BCUT2D eigenvalue weighted by atomic mass is 16.3. The molecule has 1 atom stereocenters. The first-order valence-corrected chi connectivity index (χ1v) is 11.8. The van der Waals surface area contributed by atoms with Gasteiger partial charge in [0.25, 0.3) is 5.91 Å². The van der Waals surface area contributed by atoms with E-state index in [1.165, 1.54) is 0 Å². The van der Waals surface area contributed by atoms with E-state index in [0.29, 0.717) is 12.1 Å². The number of rotatable bonds is 4. The standard InChI is InChI=1S/C27H31N5O2/c1-17(2)32-26-23(15-28-32)22(14-24(29-26)21-13-18(3)34-19(21)4)27(33)31-12-11-30(5)16-25(31)20-9-7-6-8-10-20/h6-10,13-15,17,25H,11-12,16H2,1-5H3. The lowest BCUT2D eigenvalue weighted by molar-refractivity contribution is 0.0500. The molecule has 176 valence electrons. The summed E-state index contributed by atoms with van der Waals surface area (Å²) in [6, 6.07) is 14.3. The molecule has 4 heterocycles. The van der Waals surface area contributed by atoms with Gasteiger partial charge in [-0.25, -0.2) is 9.67 Å². The van der Waals surface area contributed by atoms with E-state index in [9.17, 15) is 4.79 Å². The van der Waals surface area contributed by atoms with Gasteiger partial charge in [-0.1, -0.05) is 30.3 Å². The molecular weight excluding hydrogens is 426 g/mol. The summed E-state index contributed by atoms with van der Waals surface area (Å²) in [5.74, 6) is 1.62. The molecule has 1 amide bonds. The van der Waals surface area contributed by atoms with Crippen LogP contribution in [0, 0.1) is 13.8 Å². The Morgan fingerprint density at radius 1 is 1.12 bits per heavy atom. The quantitative estimate of drug-likeness (QED) is 0.431. The number of hydrogen-bond acceptors (Lipinski definition) is 5. The van der Waals surface area contributed by atoms with Gasteiger partial charge in [0.1, 0.15) is 11.5 Å². The zero-order valence-corrected chi connectivity index (χ0v) is 20.4. The first-order chi connectivity index (χ1) is 16.3. The number of furan rings is 1. The summed E-state index contributed by atoms with van der Waals surface area (Å²) in [7, 11) is 2.11. The molecule has 0 N–H and O–H groups in total. The molecule has 1 fully saturated rings. The van der Waals surface area contributed by atoms with E-state index in [1.54, 1.807) is 6.20 Å². The molecule has 5 rings (SSSR count). The van der Waals surface area contributed by atoms with Crippen molar-refractivity contribution in [1.29, 1.82) is 0 Å². The lowest BCUT2D eigenvalue weighted by Crippen LogP contribution is -2.49. The minimum Gasteiger partial charge on any atom is -0.466 e. The second-order valence-electron chi connectivity index (χ2n) is 9.49. The maximum absolute atomic E-state index is 14.2. The van der Waals surface area contributed by atoms with Crippen LogP contribution >= 0.6 is 0 Å². The molecule has 0 bridgehead atoms. The Balaban J connectivity index is 1.66. The second kappa shape index (κ2) is 8.72. The van der Waals surface area contributed by atoms with Crippen LogP contribution < -0.4 is 0 Å². The van der Waals surface area contributed by atoms with Crippen LogP contribution in [0.15, 0.2) is 53.1 Å². The molecule has 1 saturated heterocycles. The highest BCUT2D eigenvalue weighted by molar-refractivity contribution is 6.06. The molecular formula is C27H31N5O2. The van der Waals surface area contributed by atoms with Gasteiger partial charge in [-0.05, 0) is 52.4 Å². The minimum atomic E-state index is -0.0165. The van der Waals surface area contributed by atoms with Gasteiger partial charge >= 0.3 is 0 Å². The van der Waals surface area contributed by atoms with Crippen LogP contribution in [0.1, 0.15) is 53.4 Å². The second-order valence-corrected chi connectivity index (χ2v) is 9.49.